The van der Waals surface area contributed by atoms with Gasteiger partial charge in [-0.2, -0.15) is 23.5 Å². The second-order valence-electron chi connectivity index (χ2n) is 4.09. The summed E-state index contributed by atoms with van der Waals surface area (Å²) in [6.07, 6.45) is -2.24. The molecule has 0 aliphatic rings. The standard InChI is InChI=1S/C10H13F3N4/c1-9(15,7-14)4-2-5-17-6-3-8(16-17)10(11,12)13/h3,6H,2,4-5,15H2,1H3. The Kier molecular flexibility index (Phi) is 3.78. The maximum Gasteiger partial charge on any atom is 0.435 e. The highest BCUT2D eigenvalue weighted by molar-refractivity contribution is 5.03. The third-order valence-corrected chi connectivity index (χ3v) is 2.27. The number of aromatic nitrogens is 2. The topological polar surface area (TPSA) is 67.6 Å². The van der Waals surface area contributed by atoms with Gasteiger partial charge >= 0.3 is 6.18 Å². The summed E-state index contributed by atoms with van der Waals surface area (Å²) in [5, 5.41) is 12.1. The van der Waals surface area contributed by atoms with Crippen molar-refractivity contribution in [1.82, 2.24) is 9.78 Å². The van der Waals surface area contributed by atoms with Crippen molar-refractivity contribution in [2.24, 2.45) is 5.73 Å². The van der Waals surface area contributed by atoms with Crippen LogP contribution in [0.4, 0.5) is 13.2 Å². The predicted molar refractivity (Wildman–Crippen MR) is 54.7 cm³/mol. The summed E-state index contributed by atoms with van der Waals surface area (Å²) in [6, 6.07) is 2.85. The van der Waals surface area contributed by atoms with Crippen LogP contribution in [0, 0.1) is 11.3 Å². The number of nitrogens with two attached hydrogens (primary N) is 1. The van der Waals surface area contributed by atoms with Crippen LogP contribution in [-0.4, -0.2) is 15.3 Å². The fourth-order valence-corrected chi connectivity index (χ4v) is 1.30. The zero-order valence-corrected chi connectivity index (χ0v) is 9.33. The molecule has 1 unspecified atom stereocenters. The third-order valence-electron chi connectivity index (χ3n) is 2.27. The SMILES string of the molecule is CC(N)(C#N)CCCn1ccc(C(F)(F)F)n1. The van der Waals surface area contributed by atoms with Crippen molar-refractivity contribution in [2.75, 3.05) is 0 Å². The zero-order valence-electron chi connectivity index (χ0n) is 9.33. The first-order valence-corrected chi connectivity index (χ1v) is 5.05. The molecular weight excluding hydrogens is 233 g/mol. The van der Waals surface area contributed by atoms with Crippen LogP contribution in [0.3, 0.4) is 0 Å². The number of aryl methyl sites for hydroxylation is 1. The second-order valence-corrected chi connectivity index (χ2v) is 4.09. The molecule has 2 N–H and O–H groups in total. The Hall–Kier alpha value is -1.55. The van der Waals surface area contributed by atoms with E-state index in [1.54, 1.807) is 6.92 Å². The molecule has 0 aliphatic carbocycles. The smallest absolute Gasteiger partial charge is 0.314 e. The minimum atomic E-state index is -4.42. The average Bonchev–Trinajstić information content (AvgIpc) is 2.66. The Balaban J connectivity index is 2.49. The van der Waals surface area contributed by atoms with Crippen LogP contribution in [0.1, 0.15) is 25.5 Å². The Morgan fingerprint density at radius 2 is 2.18 bits per heavy atom. The molecule has 0 amide bonds. The van der Waals surface area contributed by atoms with E-state index in [2.05, 4.69) is 5.10 Å². The molecule has 0 spiro atoms. The van der Waals surface area contributed by atoms with Gasteiger partial charge in [-0.05, 0) is 25.8 Å². The third kappa shape index (κ3) is 4.07. The summed E-state index contributed by atoms with van der Waals surface area (Å²) in [5.41, 5.74) is 3.73. The highest BCUT2D eigenvalue weighted by Gasteiger charge is 2.33. The summed E-state index contributed by atoms with van der Waals surface area (Å²) in [6.45, 7) is 1.89. The lowest BCUT2D eigenvalue weighted by Crippen LogP contribution is -2.34. The van der Waals surface area contributed by atoms with Gasteiger partial charge < -0.3 is 5.73 Å². The number of hydrogen-bond donors (Lipinski definition) is 1. The Labute approximate surface area is 96.8 Å². The molecule has 1 rings (SSSR count). The van der Waals surface area contributed by atoms with Gasteiger partial charge in [0.05, 0.1) is 6.07 Å². The minimum absolute atomic E-state index is 0.310. The monoisotopic (exact) mass is 246 g/mol. The van der Waals surface area contributed by atoms with Gasteiger partial charge in [0.2, 0.25) is 0 Å². The maximum absolute atomic E-state index is 12.2. The van der Waals surface area contributed by atoms with Crippen LogP contribution in [0.2, 0.25) is 0 Å². The van der Waals surface area contributed by atoms with Gasteiger partial charge in [-0.1, -0.05) is 0 Å². The van der Waals surface area contributed by atoms with E-state index in [0.29, 0.717) is 19.4 Å². The zero-order chi connectivity index (χ0) is 13.1. The molecule has 7 heteroatoms. The molecule has 0 saturated carbocycles. The van der Waals surface area contributed by atoms with Gasteiger partial charge in [-0.3, -0.25) is 4.68 Å². The normalized spacial score (nSPS) is 15.3. The maximum atomic E-state index is 12.2. The molecule has 0 aliphatic heterocycles. The van der Waals surface area contributed by atoms with Gasteiger partial charge in [-0.25, -0.2) is 0 Å². The Morgan fingerprint density at radius 3 is 2.65 bits per heavy atom. The molecule has 94 valence electrons. The number of hydrogen-bond acceptors (Lipinski definition) is 3. The van der Waals surface area contributed by atoms with E-state index < -0.39 is 17.4 Å². The van der Waals surface area contributed by atoms with Crippen molar-refractivity contribution in [3.63, 3.8) is 0 Å². The molecule has 17 heavy (non-hydrogen) atoms. The van der Waals surface area contributed by atoms with Crippen LogP contribution in [0.25, 0.3) is 0 Å². The summed E-state index contributed by atoms with van der Waals surface area (Å²) in [5.74, 6) is 0. The molecule has 1 atom stereocenters. The molecule has 0 bridgehead atoms. The Morgan fingerprint density at radius 1 is 1.53 bits per heavy atom. The highest BCUT2D eigenvalue weighted by atomic mass is 19.4. The van der Waals surface area contributed by atoms with E-state index in [9.17, 15) is 13.2 Å². The van der Waals surface area contributed by atoms with Crippen LogP contribution >= 0.6 is 0 Å². The van der Waals surface area contributed by atoms with E-state index in [4.69, 9.17) is 11.0 Å². The van der Waals surface area contributed by atoms with Crippen LogP contribution in [0.15, 0.2) is 12.3 Å². The molecule has 0 saturated heterocycles. The second kappa shape index (κ2) is 4.75. The lowest BCUT2D eigenvalue weighted by atomic mass is 9.99. The fourth-order valence-electron chi connectivity index (χ4n) is 1.30. The fraction of sp³-hybridized carbons (Fsp3) is 0.600. The largest absolute Gasteiger partial charge is 0.435 e. The van der Waals surface area contributed by atoms with Crippen molar-refractivity contribution in [3.8, 4) is 6.07 Å². The van der Waals surface area contributed by atoms with Crippen molar-refractivity contribution in [2.45, 2.75) is 38.0 Å². The van der Waals surface area contributed by atoms with Gasteiger partial charge in [0.25, 0.3) is 0 Å². The predicted octanol–water partition coefficient (Wildman–Crippen LogP) is 1.92. The number of nitrogens with zero attached hydrogens (tertiary/aromatic N) is 3. The molecule has 0 fully saturated rings. The molecule has 4 nitrogen and oxygen atoms in total. The van der Waals surface area contributed by atoms with E-state index in [0.717, 1.165) is 6.07 Å². The van der Waals surface area contributed by atoms with Crippen molar-refractivity contribution >= 4 is 0 Å². The number of halogens is 3. The summed E-state index contributed by atoms with van der Waals surface area (Å²) in [7, 11) is 0. The van der Waals surface area contributed by atoms with E-state index in [1.807, 2.05) is 6.07 Å². The molecule has 1 aromatic heterocycles. The van der Waals surface area contributed by atoms with E-state index in [-0.39, 0.29) is 0 Å². The molecule has 0 radical (unpaired) electrons. The van der Waals surface area contributed by atoms with Gasteiger partial charge in [0, 0.05) is 12.7 Å². The van der Waals surface area contributed by atoms with Gasteiger partial charge in [-0.15, -0.1) is 0 Å². The highest BCUT2D eigenvalue weighted by Crippen LogP contribution is 2.27. The Bertz CT molecular complexity index is 414. The van der Waals surface area contributed by atoms with Gasteiger partial charge in [0.1, 0.15) is 5.54 Å². The molecule has 1 heterocycles. The number of alkyl halides is 3. The first-order valence-electron chi connectivity index (χ1n) is 5.05. The van der Waals surface area contributed by atoms with Crippen LogP contribution in [-0.2, 0) is 12.7 Å². The summed E-state index contributed by atoms with van der Waals surface area (Å²) < 4.78 is 37.9. The van der Waals surface area contributed by atoms with E-state index in [1.165, 1.54) is 10.9 Å². The van der Waals surface area contributed by atoms with Crippen LogP contribution in [0.5, 0.6) is 0 Å². The number of rotatable bonds is 4. The summed E-state index contributed by atoms with van der Waals surface area (Å²) >= 11 is 0. The van der Waals surface area contributed by atoms with Gasteiger partial charge in [0.15, 0.2) is 5.69 Å². The molecule has 0 aromatic carbocycles. The van der Waals surface area contributed by atoms with Crippen molar-refractivity contribution in [3.05, 3.63) is 18.0 Å². The van der Waals surface area contributed by atoms with Crippen molar-refractivity contribution in [1.29, 1.82) is 5.26 Å². The lowest BCUT2D eigenvalue weighted by Gasteiger charge is -2.14. The molecular formula is C10H13F3N4. The minimum Gasteiger partial charge on any atom is -0.314 e. The number of nitriles is 1. The first-order chi connectivity index (χ1) is 7.74. The van der Waals surface area contributed by atoms with Crippen LogP contribution < -0.4 is 5.73 Å². The lowest BCUT2D eigenvalue weighted by molar-refractivity contribution is -0.141. The quantitative estimate of drug-likeness (QED) is 0.882. The average molecular weight is 246 g/mol. The van der Waals surface area contributed by atoms with Crippen molar-refractivity contribution < 1.29 is 13.2 Å². The molecule has 1 aromatic rings. The van der Waals surface area contributed by atoms with E-state index >= 15 is 0 Å². The first kappa shape index (κ1) is 13.5. The summed E-state index contributed by atoms with van der Waals surface area (Å²) in [4.78, 5) is 0.